The Labute approximate surface area is 94.3 Å². The van der Waals surface area contributed by atoms with Crippen molar-refractivity contribution in [2.24, 2.45) is 0 Å². The van der Waals surface area contributed by atoms with Gasteiger partial charge in [-0.2, -0.15) is 0 Å². The molecular weight excluding hydrogens is 210 g/mol. The Morgan fingerprint density at radius 1 is 1.60 bits per heavy atom. The highest BCUT2D eigenvalue weighted by molar-refractivity contribution is 7.13. The highest BCUT2D eigenvalue weighted by atomic mass is 32.1. The minimum absolute atomic E-state index is 0.280. The minimum atomic E-state index is 0.280. The van der Waals surface area contributed by atoms with Crippen molar-refractivity contribution in [2.75, 3.05) is 20.3 Å². The van der Waals surface area contributed by atoms with Gasteiger partial charge in [0.05, 0.1) is 13.7 Å². The van der Waals surface area contributed by atoms with E-state index in [1.165, 1.54) is 11.3 Å². The fourth-order valence-electron chi connectivity index (χ4n) is 2.06. The molecule has 0 amide bonds. The SMILES string of the molecule is COc1ccc(CN2CCCC2CO)s1. The molecule has 1 aliphatic rings. The van der Waals surface area contributed by atoms with E-state index in [4.69, 9.17) is 4.74 Å². The number of ether oxygens (including phenoxy) is 1. The molecule has 0 aromatic carbocycles. The molecule has 1 fully saturated rings. The summed E-state index contributed by atoms with van der Waals surface area (Å²) in [6.07, 6.45) is 2.33. The van der Waals surface area contributed by atoms with E-state index in [2.05, 4.69) is 11.0 Å². The van der Waals surface area contributed by atoms with E-state index < -0.39 is 0 Å². The fourth-order valence-corrected chi connectivity index (χ4v) is 2.91. The first-order valence-electron chi connectivity index (χ1n) is 5.31. The third kappa shape index (κ3) is 2.51. The predicted octanol–water partition coefficient (Wildman–Crippen LogP) is 1.71. The van der Waals surface area contributed by atoms with Crippen LogP contribution in [-0.4, -0.2) is 36.3 Å². The van der Waals surface area contributed by atoms with Crippen molar-refractivity contribution in [3.8, 4) is 5.06 Å². The lowest BCUT2D eigenvalue weighted by atomic mass is 10.2. The second-order valence-corrected chi connectivity index (χ2v) is 5.00. The summed E-state index contributed by atoms with van der Waals surface area (Å²) in [6, 6.07) is 4.47. The first-order chi connectivity index (χ1) is 7.33. The van der Waals surface area contributed by atoms with E-state index in [1.807, 2.05) is 6.07 Å². The predicted molar refractivity (Wildman–Crippen MR) is 61.4 cm³/mol. The average molecular weight is 227 g/mol. The smallest absolute Gasteiger partial charge is 0.173 e. The normalized spacial score (nSPS) is 22.1. The Bertz CT molecular complexity index is 313. The van der Waals surface area contributed by atoms with Gasteiger partial charge >= 0.3 is 0 Å². The van der Waals surface area contributed by atoms with Gasteiger partial charge in [-0.25, -0.2) is 0 Å². The molecule has 1 aromatic rings. The molecule has 0 saturated carbocycles. The number of hydrogen-bond donors (Lipinski definition) is 1. The zero-order valence-electron chi connectivity index (χ0n) is 8.98. The molecule has 1 aromatic heterocycles. The van der Waals surface area contributed by atoms with Crippen molar-refractivity contribution in [1.82, 2.24) is 4.90 Å². The minimum Gasteiger partial charge on any atom is -0.487 e. The van der Waals surface area contributed by atoms with Gasteiger partial charge in [0.2, 0.25) is 0 Å². The number of aliphatic hydroxyl groups is 1. The summed E-state index contributed by atoms with van der Waals surface area (Å²) < 4.78 is 5.16. The van der Waals surface area contributed by atoms with Gasteiger partial charge in [0.25, 0.3) is 0 Å². The van der Waals surface area contributed by atoms with Gasteiger partial charge in [0.15, 0.2) is 5.06 Å². The number of thiophene rings is 1. The Morgan fingerprint density at radius 3 is 3.13 bits per heavy atom. The number of nitrogens with zero attached hydrogens (tertiary/aromatic N) is 1. The Kier molecular flexibility index (Phi) is 3.61. The molecule has 1 aliphatic heterocycles. The molecule has 1 atom stereocenters. The molecule has 0 spiro atoms. The van der Waals surface area contributed by atoms with E-state index in [0.29, 0.717) is 6.04 Å². The van der Waals surface area contributed by atoms with E-state index >= 15 is 0 Å². The summed E-state index contributed by atoms with van der Waals surface area (Å²) in [5.74, 6) is 0. The third-order valence-corrected chi connectivity index (χ3v) is 3.94. The molecule has 3 nitrogen and oxygen atoms in total. The maximum atomic E-state index is 9.20. The standard InChI is InChI=1S/C11H17NO2S/c1-14-11-5-4-10(15-11)7-12-6-2-3-9(12)8-13/h4-5,9,13H,2-3,6-8H2,1H3. The van der Waals surface area contributed by atoms with Crippen molar-refractivity contribution in [3.63, 3.8) is 0 Å². The zero-order valence-corrected chi connectivity index (χ0v) is 9.80. The highest BCUT2D eigenvalue weighted by Gasteiger charge is 2.23. The molecule has 15 heavy (non-hydrogen) atoms. The summed E-state index contributed by atoms with van der Waals surface area (Å²) in [6.45, 7) is 2.33. The zero-order chi connectivity index (χ0) is 10.7. The number of methoxy groups -OCH3 is 1. The Hall–Kier alpha value is -0.580. The average Bonchev–Trinajstić information content (AvgIpc) is 2.87. The second-order valence-electron chi connectivity index (χ2n) is 3.87. The maximum Gasteiger partial charge on any atom is 0.173 e. The van der Waals surface area contributed by atoms with Crippen molar-refractivity contribution in [1.29, 1.82) is 0 Å². The van der Waals surface area contributed by atoms with Crippen LogP contribution in [0.5, 0.6) is 5.06 Å². The monoisotopic (exact) mass is 227 g/mol. The van der Waals surface area contributed by atoms with Crippen LogP contribution in [0.2, 0.25) is 0 Å². The summed E-state index contributed by atoms with van der Waals surface area (Å²) in [4.78, 5) is 3.66. The first-order valence-corrected chi connectivity index (χ1v) is 6.12. The highest BCUT2D eigenvalue weighted by Crippen LogP contribution is 2.27. The molecule has 0 radical (unpaired) electrons. The fraction of sp³-hybridized carbons (Fsp3) is 0.636. The summed E-state index contributed by atoms with van der Waals surface area (Å²) in [7, 11) is 1.70. The summed E-state index contributed by atoms with van der Waals surface area (Å²) in [5.41, 5.74) is 0. The molecule has 1 saturated heterocycles. The molecule has 1 unspecified atom stereocenters. The van der Waals surface area contributed by atoms with Gasteiger partial charge < -0.3 is 9.84 Å². The van der Waals surface area contributed by atoms with Crippen LogP contribution in [0, 0.1) is 0 Å². The van der Waals surface area contributed by atoms with Gasteiger partial charge in [-0.3, -0.25) is 4.90 Å². The van der Waals surface area contributed by atoms with E-state index in [9.17, 15) is 5.11 Å². The van der Waals surface area contributed by atoms with Gasteiger partial charge in [-0.15, -0.1) is 11.3 Å². The second kappa shape index (κ2) is 4.96. The van der Waals surface area contributed by atoms with Crippen LogP contribution in [0.15, 0.2) is 12.1 Å². The van der Waals surface area contributed by atoms with Crippen molar-refractivity contribution < 1.29 is 9.84 Å². The summed E-state index contributed by atoms with van der Waals surface area (Å²) >= 11 is 1.69. The quantitative estimate of drug-likeness (QED) is 0.850. The lowest BCUT2D eigenvalue weighted by Gasteiger charge is -2.21. The van der Waals surface area contributed by atoms with Crippen LogP contribution in [0.1, 0.15) is 17.7 Å². The van der Waals surface area contributed by atoms with E-state index in [0.717, 1.165) is 24.6 Å². The third-order valence-electron chi connectivity index (χ3n) is 2.91. The molecule has 0 aliphatic carbocycles. The van der Waals surface area contributed by atoms with Crippen molar-refractivity contribution in [2.45, 2.75) is 25.4 Å². The Balaban J connectivity index is 1.95. The molecule has 2 heterocycles. The van der Waals surface area contributed by atoms with Crippen LogP contribution in [0.4, 0.5) is 0 Å². The number of likely N-dealkylation sites (tertiary alicyclic amines) is 1. The topological polar surface area (TPSA) is 32.7 Å². The largest absolute Gasteiger partial charge is 0.487 e. The van der Waals surface area contributed by atoms with Gasteiger partial charge in [0.1, 0.15) is 0 Å². The summed E-state index contributed by atoms with van der Waals surface area (Å²) in [5, 5.41) is 10.2. The van der Waals surface area contributed by atoms with Crippen molar-refractivity contribution >= 4 is 11.3 Å². The number of aliphatic hydroxyl groups excluding tert-OH is 1. The Morgan fingerprint density at radius 2 is 2.47 bits per heavy atom. The van der Waals surface area contributed by atoms with Crippen LogP contribution in [0.3, 0.4) is 0 Å². The lowest BCUT2D eigenvalue weighted by Crippen LogP contribution is -2.31. The van der Waals surface area contributed by atoms with Crippen molar-refractivity contribution in [3.05, 3.63) is 17.0 Å². The molecule has 2 rings (SSSR count). The van der Waals surface area contributed by atoms with Crippen LogP contribution in [-0.2, 0) is 6.54 Å². The maximum absolute atomic E-state index is 9.20. The molecule has 84 valence electrons. The molecular formula is C11H17NO2S. The molecule has 4 heteroatoms. The van der Waals surface area contributed by atoms with Crippen LogP contribution < -0.4 is 4.74 Å². The van der Waals surface area contributed by atoms with E-state index in [1.54, 1.807) is 18.4 Å². The molecule has 0 bridgehead atoms. The number of hydrogen-bond acceptors (Lipinski definition) is 4. The van der Waals surface area contributed by atoms with Gasteiger partial charge in [-0.05, 0) is 31.5 Å². The van der Waals surface area contributed by atoms with Gasteiger partial charge in [-0.1, -0.05) is 0 Å². The molecule has 1 N–H and O–H groups in total. The van der Waals surface area contributed by atoms with E-state index in [-0.39, 0.29) is 6.61 Å². The first kappa shape index (κ1) is 10.9. The van der Waals surface area contributed by atoms with Crippen LogP contribution >= 0.6 is 11.3 Å². The lowest BCUT2D eigenvalue weighted by molar-refractivity contribution is 0.154. The van der Waals surface area contributed by atoms with Crippen LogP contribution in [0.25, 0.3) is 0 Å². The number of rotatable bonds is 4. The van der Waals surface area contributed by atoms with Gasteiger partial charge in [0, 0.05) is 17.5 Å².